The van der Waals surface area contributed by atoms with Gasteiger partial charge in [-0.2, -0.15) is 0 Å². The topological polar surface area (TPSA) is 26.3 Å². The fourth-order valence-corrected chi connectivity index (χ4v) is 1.41. The van der Waals surface area contributed by atoms with E-state index in [0.29, 0.717) is 11.1 Å². The summed E-state index contributed by atoms with van der Waals surface area (Å²) in [5, 5.41) is 0. The van der Waals surface area contributed by atoms with Crippen LogP contribution in [-0.4, -0.2) is 5.97 Å². The summed E-state index contributed by atoms with van der Waals surface area (Å²) >= 11 is 0. The molecule has 0 saturated heterocycles. The Morgan fingerprint density at radius 1 is 1.12 bits per heavy atom. The molecule has 2 rings (SSSR count). The van der Waals surface area contributed by atoms with Gasteiger partial charge in [0.05, 0.1) is 6.93 Å². The van der Waals surface area contributed by atoms with Crippen LogP contribution in [0.15, 0.2) is 54.6 Å². The van der Waals surface area contributed by atoms with Crippen molar-refractivity contribution in [3.8, 4) is 0 Å². The van der Waals surface area contributed by atoms with Gasteiger partial charge in [-0.15, -0.1) is 0 Å². The van der Waals surface area contributed by atoms with Crippen molar-refractivity contribution in [3.05, 3.63) is 71.3 Å². The Hall–Kier alpha value is -2.09. The van der Waals surface area contributed by atoms with Crippen molar-refractivity contribution in [3.63, 3.8) is 0 Å². The van der Waals surface area contributed by atoms with Gasteiger partial charge in [0, 0.05) is 0 Å². The second-order valence-electron chi connectivity index (χ2n) is 3.80. The second kappa shape index (κ2) is 5.30. The number of benzene rings is 2. The minimum atomic E-state index is -0.988. The van der Waals surface area contributed by atoms with Crippen LogP contribution in [0.2, 0.25) is 0 Å². The molecule has 0 aliphatic rings. The van der Waals surface area contributed by atoms with Gasteiger partial charge in [-0.3, -0.25) is 0 Å². The SMILES string of the molecule is [2H][C@H](OC(=O)c1ccccc1)c1ccc(C)cc1. The number of carbonyl (C=O) groups excluding carboxylic acids is 1. The number of ether oxygens (including phenoxy) is 1. The van der Waals surface area contributed by atoms with Gasteiger partial charge in [-0.05, 0) is 24.6 Å². The smallest absolute Gasteiger partial charge is 0.338 e. The highest BCUT2D eigenvalue weighted by Gasteiger charge is 2.05. The van der Waals surface area contributed by atoms with Crippen LogP contribution in [-0.2, 0) is 11.3 Å². The molecule has 2 aromatic carbocycles. The standard InChI is InChI=1S/C15H14O2/c1-12-7-9-13(10-8-12)11-17-15(16)14-5-3-2-4-6-14/h2-10H,11H2,1H3/i11D/t11-/m0/s1. The molecule has 0 unspecified atom stereocenters. The number of hydrogen-bond acceptors (Lipinski definition) is 2. The molecule has 0 saturated carbocycles. The lowest BCUT2D eigenvalue weighted by atomic mass is 10.2. The first-order chi connectivity index (χ1) is 8.66. The zero-order chi connectivity index (χ0) is 13.0. The molecule has 0 bridgehead atoms. The summed E-state index contributed by atoms with van der Waals surface area (Å²) in [7, 11) is 0. The zero-order valence-electron chi connectivity index (χ0n) is 10.6. The lowest BCUT2D eigenvalue weighted by Crippen LogP contribution is -2.04. The van der Waals surface area contributed by atoms with Gasteiger partial charge in [0.25, 0.3) is 0 Å². The molecule has 0 heterocycles. The van der Waals surface area contributed by atoms with Crippen LogP contribution in [0.25, 0.3) is 0 Å². The average Bonchev–Trinajstić information content (AvgIpc) is 2.40. The number of carbonyl (C=O) groups is 1. The fourth-order valence-electron chi connectivity index (χ4n) is 1.41. The molecular weight excluding hydrogens is 212 g/mol. The van der Waals surface area contributed by atoms with E-state index in [4.69, 9.17) is 6.11 Å². The average molecular weight is 227 g/mol. The molecule has 17 heavy (non-hydrogen) atoms. The van der Waals surface area contributed by atoms with Crippen molar-refractivity contribution in [2.45, 2.75) is 13.5 Å². The van der Waals surface area contributed by atoms with E-state index < -0.39 is 12.6 Å². The van der Waals surface area contributed by atoms with E-state index in [0.717, 1.165) is 5.56 Å². The van der Waals surface area contributed by atoms with E-state index in [1.807, 2.05) is 25.1 Å². The highest BCUT2D eigenvalue weighted by molar-refractivity contribution is 5.89. The van der Waals surface area contributed by atoms with Gasteiger partial charge in [0.2, 0.25) is 0 Å². The Kier molecular flexibility index (Phi) is 3.15. The molecule has 2 aromatic rings. The van der Waals surface area contributed by atoms with Crippen LogP contribution in [0.1, 0.15) is 22.9 Å². The third-order valence-corrected chi connectivity index (χ3v) is 2.39. The summed E-state index contributed by atoms with van der Waals surface area (Å²) in [5.41, 5.74) is 2.24. The predicted octanol–water partition coefficient (Wildman–Crippen LogP) is 3.35. The van der Waals surface area contributed by atoms with Crippen molar-refractivity contribution >= 4 is 5.97 Å². The van der Waals surface area contributed by atoms with E-state index in [1.165, 1.54) is 0 Å². The largest absolute Gasteiger partial charge is 0.457 e. The van der Waals surface area contributed by atoms with Gasteiger partial charge < -0.3 is 4.74 Å². The normalized spacial score (nSPS) is 12.6. The minimum Gasteiger partial charge on any atom is -0.457 e. The summed E-state index contributed by atoms with van der Waals surface area (Å²) < 4.78 is 12.9. The zero-order valence-corrected chi connectivity index (χ0v) is 9.59. The Labute approximate surface area is 102 Å². The van der Waals surface area contributed by atoms with Gasteiger partial charge in [-0.25, -0.2) is 4.79 Å². The van der Waals surface area contributed by atoms with Crippen LogP contribution in [0.3, 0.4) is 0 Å². The van der Waals surface area contributed by atoms with Crippen LogP contribution >= 0.6 is 0 Å². The van der Waals surface area contributed by atoms with Gasteiger partial charge in [0.15, 0.2) is 0 Å². The quantitative estimate of drug-likeness (QED) is 0.751. The maximum atomic E-state index is 11.8. The molecule has 0 aliphatic carbocycles. The number of rotatable bonds is 3. The van der Waals surface area contributed by atoms with Crippen molar-refractivity contribution in [1.82, 2.24) is 0 Å². The highest BCUT2D eigenvalue weighted by atomic mass is 16.5. The summed E-state index contributed by atoms with van der Waals surface area (Å²) in [6.07, 6.45) is 0. The van der Waals surface area contributed by atoms with E-state index in [9.17, 15) is 4.79 Å². The van der Waals surface area contributed by atoms with Crippen molar-refractivity contribution < 1.29 is 10.9 Å². The first kappa shape index (κ1) is 10.1. The van der Waals surface area contributed by atoms with Crippen LogP contribution in [0.5, 0.6) is 0 Å². The lowest BCUT2D eigenvalue weighted by Gasteiger charge is -2.05. The third kappa shape index (κ3) is 3.18. The second-order valence-corrected chi connectivity index (χ2v) is 3.80. The molecule has 2 nitrogen and oxygen atoms in total. The first-order valence-corrected chi connectivity index (χ1v) is 5.41. The van der Waals surface area contributed by atoms with E-state index in [1.54, 1.807) is 36.4 Å². The summed E-state index contributed by atoms with van der Waals surface area (Å²) in [5.74, 6) is -0.476. The molecule has 0 amide bonds. The maximum Gasteiger partial charge on any atom is 0.338 e. The molecule has 2 heteroatoms. The molecule has 0 aromatic heterocycles. The first-order valence-electron chi connectivity index (χ1n) is 5.99. The molecule has 0 N–H and O–H groups in total. The Morgan fingerprint density at radius 2 is 1.76 bits per heavy atom. The number of hydrogen-bond donors (Lipinski definition) is 0. The van der Waals surface area contributed by atoms with Crippen molar-refractivity contribution in [1.29, 1.82) is 0 Å². The molecule has 1 atom stereocenters. The fraction of sp³-hybridized carbons (Fsp3) is 0.133. The summed E-state index contributed by atoms with van der Waals surface area (Å²) in [6, 6.07) is 16.1. The van der Waals surface area contributed by atoms with Crippen LogP contribution in [0.4, 0.5) is 0 Å². The lowest BCUT2D eigenvalue weighted by molar-refractivity contribution is 0.0472. The number of aryl methyl sites for hydroxylation is 1. The highest BCUT2D eigenvalue weighted by Crippen LogP contribution is 2.07. The molecular formula is C15H14O2. The molecule has 0 fully saturated rings. The molecule has 0 spiro atoms. The maximum absolute atomic E-state index is 11.8. The van der Waals surface area contributed by atoms with Crippen molar-refractivity contribution in [2.24, 2.45) is 0 Å². The Morgan fingerprint density at radius 3 is 2.41 bits per heavy atom. The molecule has 0 aliphatic heterocycles. The summed E-state index contributed by atoms with van der Waals surface area (Å²) in [4.78, 5) is 11.8. The van der Waals surface area contributed by atoms with Crippen molar-refractivity contribution in [2.75, 3.05) is 0 Å². The molecule has 86 valence electrons. The van der Waals surface area contributed by atoms with Gasteiger partial charge in [-0.1, -0.05) is 48.0 Å². The Bertz CT molecular complexity index is 520. The van der Waals surface area contributed by atoms with E-state index in [-0.39, 0.29) is 0 Å². The monoisotopic (exact) mass is 227 g/mol. The number of esters is 1. The van der Waals surface area contributed by atoms with Crippen LogP contribution in [0, 0.1) is 6.92 Å². The van der Waals surface area contributed by atoms with Crippen LogP contribution < -0.4 is 0 Å². The minimum absolute atomic E-state index is 0.460. The molecule has 0 radical (unpaired) electrons. The predicted molar refractivity (Wildman–Crippen MR) is 66.7 cm³/mol. The van der Waals surface area contributed by atoms with E-state index >= 15 is 0 Å². The summed E-state index contributed by atoms with van der Waals surface area (Å²) in [6.45, 7) is 0.983. The van der Waals surface area contributed by atoms with Gasteiger partial charge >= 0.3 is 5.97 Å². The third-order valence-electron chi connectivity index (χ3n) is 2.39. The Balaban J connectivity index is 2.06. The van der Waals surface area contributed by atoms with E-state index in [2.05, 4.69) is 0 Å². The van der Waals surface area contributed by atoms with Gasteiger partial charge in [0.1, 0.15) is 6.58 Å².